The first-order chi connectivity index (χ1) is 9.11. The zero-order valence-corrected chi connectivity index (χ0v) is 12.4. The molecule has 1 fully saturated rings. The SMILES string of the molecule is CC(CN)c1cnc(CC2CCCCN2C(C)C)o1. The second-order valence-corrected chi connectivity index (χ2v) is 5.98. The predicted octanol–water partition coefficient (Wildman–Crippen LogP) is 2.54. The van der Waals surface area contributed by atoms with Crippen LogP contribution in [0.2, 0.25) is 0 Å². The molecule has 1 aromatic heterocycles. The van der Waals surface area contributed by atoms with Crippen LogP contribution in [-0.4, -0.2) is 35.1 Å². The van der Waals surface area contributed by atoms with Crippen molar-refractivity contribution in [1.29, 1.82) is 0 Å². The molecule has 4 nitrogen and oxygen atoms in total. The van der Waals surface area contributed by atoms with Gasteiger partial charge in [-0.05, 0) is 33.2 Å². The van der Waals surface area contributed by atoms with Crippen molar-refractivity contribution in [2.45, 2.75) is 64.5 Å². The Bertz CT molecular complexity index is 388. The van der Waals surface area contributed by atoms with Crippen molar-refractivity contribution in [3.05, 3.63) is 17.8 Å². The minimum Gasteiger partial charge on any atom is -0.445 e. The number of nitrogens with zero attached hydrogens (tertiary/aromatic N) is 2. The number of aromatic nitrogens is 1. The van der Waals surface area contributed by atoms with Crippen LogP contribution in [0.15, 0.2) is 10.6 Å². The number of piperidine rings is 1. The molecule has 0 spiro atoms. The standard InChI is InChI=1S/C15H27N3O/c1-11(2)18-7-5-4-6-13(18)8-15-17-10-14(19-15)12(3)9-16/h10-13H,4-9,16H2,1-3H3. The fourth-order valence-corrected chi connectivity index (χ4v) is 2.89. The fraction of sp³-hybridized carbons (Fsp3) is 0.800. The van der Waals surface area contributed by atoms with Crippen molar-refractivity contribution in [3.63, 3.8) is 0 Å². The van der Waals surface area contributed by atoms with Gasteiger partial charge >= 0.3 is 0 Å². The lowest BCUT2D eigenvalue weighted by Crippen LogP contribution is -2.45. The topological polar surface area (TPSA) is 55.3 Å². The molecule has 0 aliphatic carbocycles. The van der Waals surface area contributed by atoms with E-state index in [1.807, 2.05) is 6.20 Å². The molecule has 0 radical (unpaired) electrons. The Kier molecular flexibility index (Phi) is 4.99. The second-order valence-electron chi connectivity index (χ2n) is 5.98. The largest absolute Gasteiger partial charge is 0.445 e. The molecular weight excluding hydrogens is 238 g/mol. The lowest BCUT2D eigenvalue weighted by molar-refractivity contribution is 0.106. The molecule has 0 bridgehead atoms. The van der Waals surface area contributed by atoms with Crippen molar-refractivity contribution in [3.8, 4) is 0 Å². The highest BCUT2D eigenvalue weighted by Crippen LogP contribution is 2.23. The summed E-state index contributed by atoms with van der Waals surface area (Å²) < 4.78 is 5.85. The van der Waals surface area contributed by atoms with Gasteiger partial charge in [-0.15, -0.1) is 0 Å². The van der Waals surface area contributed by atoms with Gasteiger partial charge < -0.3 is 10.2 Å². The summed E-state index contributed by atoms with van der Waals surface area (Å²) in [6.07, 6.45) is 6.66. The molecule has 2 atom stereocenters. The Morgan fingerprint density at radius 2 is 2.21 bits per heavy atom. The number of hydrogen-bond acceptors (Lipinski definition) is 4. The van der Waals surface area contributed by atoms with E-state index < -0.39 is 0 Å². The summed E-state index contributed by atoms with van der Waals surface area (Å²) >= 11 is 0. The Morgan fingerprint density at radius 3 is 2.89 bits per heavy atom. The minimum absolute atomic E-state index is 0.258. The number of nitrogens with two attached hydrogens (primary N) is 1. The van der Waals surface area contributed by atoms with E-state index in [0.29, 0.717) is 18.6 Å². The van der Waals surface area contributed by atoms with Crippen LogP contribution < -0.4 is 5.73 Å². The van der Waals surface area contributed by atoms with Crippen molar-refractivity contribution >= 4 is 0 Å². The van der Waals surface area contributed by atoms with Gasteiger partial charge in [-0.2, -0.15) is 0 Å². The maximum atomic E-state index is 5.85. The number of rotatable bonds is 5. The van der Waals surface area contributed by atoms with E-state index >= 15 is 0 Å². The molecule has 0 saturated carbocycles. The van der Waals surface area contributed by atoms with Gasteiger partial charge in [0.2, 0.25) is 0 Å². The first-order valence-electron chi connectivity index (χ1n) is 7.52. The van der Waals surface area contributed by atoms with Crippen LogP contribution in [0.3, 0.4) is 0 Å². The number of oxazole rings is 1. The van der Waals surface area contributed by atoms with Crippen LogP contribution in [0.25, 0.3) is 0 Å². The predicted molar refractivity (Wildman–Crippen MR) is 77.2 cm³/mol. The van der Waals surface area contributed by atoms with Crippen molar-refractivity contribution in [2.24, 2.45) is 5.73 Å². The first-order valence-corrected chi connectivity index (χ1v) is 7.52. The molecule has 1 aliphatic rings. The average molecular weight is 265 g/mol. The zero-order valence-electron chi connectivity index (χ0n) is 12.4. The van der Waals surface area contributed by atoms with Crippen LogP contribution in [-0.2, 0) is 6.42 Å². The highest BCUT2D eigenvalue weighted by Gasteiger charge is 2.26. The summed E-state index contributed by atoms with van der Waals surface area (Å²) in [4.78, 5) is 7.01. The molecular formula is C15H27N3O. The molecule has 108 valence electrons. The molecule has 1 saturated heterocycles. The van der Waals surface area contributed by atoms with Crippen LogP contribution in [0.4, 0.5) is 0 Å². The van der Waals surface area contributed by atoms with Crippen molar-refractivity contribution in [1.82, 2.24) is 9.88 Å². The van der Waals surface area contributed by atoms with Gasteiger partial charge in [0.05, 0.1) is 6.20 Å². The third-order valence-electron chi connectivity index (χ3n) is 4.16. The number of likely N-dealkylation sites (tertiary alicyclic amines) is 1. The van der Waals surface area contributed by atoms with Crippen molar-refractivity contribution < 1.29 is 4.42 Å². The Morgan fingerprint density at radius 1 is 1.42 bits per heavy atom. The molecule has 1 aliphatic heterocycles. The van der Waals surface area contributed by atoms with Gasteiger partial charge in [0.15, 0.2) is 5.89 Å². The lowest BCUT2D eigenvalue weighted by Gasteiger charge is -2.38. The summed E-state index contributed by atoms with van der Waals surface area (Å²) in [7, 11) is 0. The second kappa shape index (κ2) is 6.53. The van der Waals surface area contributed by atoms with Gasteiger partial charge in [0.1, 0.15) is 5.76 Å². The van der Waals surface area contributed by atoms with Gasteiger partial charge in [-0.1, -0.05) is 13.3 Å². The molecule has 4 heteroatoms. The summed E-state index contributed by atoms with van der Waals surface area (Å²) in [5.74, 6) is 2.05. The molecule has 0 aromatic carbocycles. The van der Waals surface area contributed by atoms with Crippen LogP contribution in [0, 0.1) is 0 Å². The van der Waals surface area contributed by atoms with Crippen LogP contribution >= 0.6 is 0 Å². The monoisotopic (exact) mass is 265 g/mol. The molecule has 2 N–H and O–H groups in total. The van der Waals surface area contributed by atoms with E-state index in [9.17, 15) is 0 Å². The molecule has 19 heavy (non-hydrogen) atoms. The summed E-state index contributed by atoms with van der Waals surface area (Å²) in [5.41, 5.74) is 5.66. The smallest absolute Gasteiger partial charge is 0.195 e. The zero-order chi connectivity index (χ0) is 13.8. The molecule has 0 amide bonds. The Balaban J connectivity index is 2.00. The van der Waals surface area contributed by atoms with E-state index in [2.05, 4.69) is 30.7 Å². The molecule has 2 rings (SSSR count). The normalized spacial score (nSPS) is 22.9. The maximum Gasteiger partial charge on any atom is 0.195 e. The van der Waals surface area contributed by atoms with E-state index in [0.717, 1.165) is 18.1 Å². The molecule has 2 heterocycles. The fourth-order valence-electron chi connectivity index (χ4n) is 2.89. The Labute approximate surface area is 116 Å². The third-order valence-corrected chi connectivity index (χ3v) is 4.16. The highest BCUT2D eigenvalue weighted by atomic mass is 16.4. The van der Waals surface area contributed by atoms with Crippen molar-refractivity contribution in [2.75, 3.05) is 13.1 Å². The van der Waals surface area contributed by atoms with E-state index in [1.165, 1.54) is 25.8 Å². The lowest BCUT2D eigenvalue weighted by atomic mass is 9.98. The van der Waals surface area contributed by atoms with Gasteiger partial charge in [0.25, 0.3) is 0 Å². The van der Waals surface area contributed by atoms with Gasteiger partial charge in [-0.25, -0.2) is 4.98 Å². The first kappa shape index (κ1) is 14.5. The minimum atomic E-state index is 0.258. The van der Waals surface area contributed by atoms with Crippen LogP contribution in [0.1, 0.15) is 57.6 Å². The number of hydrogen-bond donors (Lipinski definition) is 1. The molecule has 2 unspecified atom stereocenters. The summed E-state index contributed by atoms with van der Waals surface area (Å²) in [6, 6.07) is 1.18. The summed E-state index contributed by atoms with van der Waals surface area (Å²) in [6.45, 7) is 8.43. The maximum absolute atomic E-state index is 5.85. The van der Waals surface area contributed by atoms with Gasteiger partial charge in [-0.3, -0.25) is 4.90 Å². The van der Waals surface area contributed by atoms with E-state index in [-0.39, 0.29) is 5.92 Å². The summed E-state index contributed by atoms with van der Waals surface area (Å²) in [5, 5.41) is 0. The average Bonchev–Trinajstić information content (AvgIpc) is 2.86. The van der Waals surface area contributed by atoms with Gasteiger partial charge in [0, 0.05) is 31.0 Å². The van der Waals surface area contributed by atoms with E-state index in [4.69, 9.17) is 10.2 Å². The Hall–Kier alpha value is -0.870. The van der Waals surface area contributed by atoms with E-state index in [1.54, 1.807) is 0 Å². The third kappa shape index (κ3) is 3.57. The molecule has 1 aromatic rings. The van der Waals surface area contributed by atoms with Crippen LogP contribution in [0.5, 0.6) is 0 Å². The highest BCUT2D eigenvalue weighted by molar-refractivity contribution is 5.02. The quantitative estimate of drug-likeness (QED) is 0.889.